The Morgan fingerprint density at radius 2 is 2.35 bits per heavy atom. The predicted octanol–water partition coefficient (Wildman–Crippen LogP) is 1.26. The number of carbonyl (C=O) groups is 1. The monoisotopic (exact) mass is 273 g/mol. The number of piperazine rings is 1. The van der Waals surface area contributed by atoms with E-state index in [1.165, 1.54) is 0 Å². The van der Waals surface area contributed by atoms with Gasteiger partial charge in [-0.3, -0.25) is 9.69 Å². The minimum atomic E-state index is 0.0820. The van der Waals surface area contributed by atoms with Crippen LogP contribution in [0.15, 0.2) is 30.9 Å². The van der Waals surface area contributed by atoms with E-state index in [0.717, 1.165) is 25.5 Å². The van der Waals surface area contributed by atoms with Gasteiger partial charge in [0.25, 0.3) is 5.91 Å². The topological polar surface area (TPSA) is 68.0 Å². The van der Waals surface area contributed by atoms with Crippen molar-refractivity contribution in [3.63, 3.8) is 0 Å². The first-order valence-electron chi connectivity index (χ1n) is 6.95. The van der Waals surface area contributed by atoms with Crippen molar-refractivity contribution in [3.05, 3.63) is 42.2 Å². The standard InChI is InChI=1S/C14H19N5O/c1-2-18-7-8-19(14(20)11-3-4-15-9-11)10-12(18)13-16-5-6-17-13/h3-6,9,12,15H,2,7-8,10H2,1H3,(H,16,17). The molecule has 1 atom stereocenters. The second kappa shape index (κ2) is 5.50. The van der Waals surface area contributed by atoms with Crippen molar-refractivity contribution >= 4 is 5.91 Å². The normalized spacial score (nSPS) is 20.2. The molecule has 1 aliphatic rings. The van der Waals surface area contributed by atoms with Crippen LogP contribution in [-0.4, -0.2) is 56.8 Å². The summed E-state index contributed by atoms with van der Waals surface area (Å²) in [5.74, 6) is 1.01. The molecule has 1 unspecified atom stereocenters. The van der Waals surface area contributed by atoms with E-state index < -0.39 is 0 Å². The number of nitrogens with one attached hydrogen (secondary N) is 2. The molecule has 0 radical (unpaired) electrons. The van der Waals surface area contributed by atoms with E-state index in [1.807, 2.05) is 17.2 Å². The number of rotatable bonds is 3. The largest absolute Gasteiger partial charge is 0.367 e. The van der Waals surface area contributed by atoms with E-state index in [-0.39, 0.29) is 11.9 Å². The van der Waals surface area contributed by atoms with Crippen LogP contribution in [0.2, 0.25) is 0 Å². The molecule has 0 bridgehead atoms. The second-order valence-corrected chi connectivity index (χ2v) is 4.97. The molecule has 106 valence electrons. The molecular weight excluding hydrogens is 254 g/mol. The van der Waals surface area contributed by atoms with Crippen molar-refractivity contribution in [2.24, 2.45) is 0 Å². The van der Waals surface area contributed by atoms with Crippen molar-refractivity contribution < 1.29 is 4.79 Å². The highest BCUT2D eigenvalue weighted by Crippen LogP contribution is 2.23. The Morgan fingerprint density at radius 1 is 1.45 bits per heavy atom. The number of imidazole rings is 1. The van der Waals surface area contributed by atoms with Crippen molar-refractivity contribution in [2.75, 3.05) is 26.2 Å². The van der Waals surface area contributed by atoms with Gasteiger partial charge in [-0.05, 0) is 12.6 Å². The number of amides is 1. The predicted molar refractivity (Wildman–Crippen MR) is 75.3 cm³/mol. The SMILES string of the molecule is CCN1CCN(C(=O)c2cc[nH]c2)CC1c1ncc[nH]1. The number of nitrogens with zero attached hydrogens (tertiary/aromatic N) is 3. The Kier molecular flexibility index (Phi) is 3.56. The number of aromatic nitrogens is 3. The summed E-state index contributed by atoms with van der Waals surface area (Å²) in [6.07, 6.45) is 7.11. The minimum Gasteiger partial charge on any atom is -0.367 e. The third-order valence-electron chi connectivity index (χ3n) is 3.86. The molecule has 6 nitrogen and oxygen atoms in total. The van der Waals surface area contributed by atoms with Crippen LogP contribution in [0, 0.1) is 0 Å². The number of hydrogen-bond donors (Lipinski definition) is 2. The highest BCUT2D eigenvalue weighted by atomic mass is 16.2. The summed E-state index contributed by atoms with van der Waals surface area (Å²) in [7, 11) is 0. The maximum absolute atomic E-state index is 12.4. The molecule has 1 fully saturated rings. The van der Waals surface area contributed by atoms with Gasteiger partial charge in [0.05, 0.1) is 11.6 Å². The molecule has 1 saturated heterocycles. The van der Waals surface area contributed by atoms with Crippen LogP contribution in [0.1, 0.15) is 29.1 Å². The lowest BCUT2D eigenvalue weighted by Crippen LogP contribution is -2.50. The molecular formula is C14H19N5O. The molecule has 0 aromatic carbocycles. The zero-order valence-electron chi connectivity index (χ0n) is 11.5. The number of aromatic amines is 2. The molecule has 0 aliphatic carbocycles. The molecule has 1 aliphatic heterocycles. The van der Waals surface area contributed by atoms with Gasteiger partial charge in [0, 0.05) is 44.4 Å². The third-order valence-corrected chi connectivity index (χ3v) is 3.86. The van der Waals surface area contributed by atoms with Crippen LogP contribution in [0.4, 0.5) is 0 Å². The van der Waals surface area contributed by atoms with Gasteiger partial charge in [-0.2, -0.15) is 0 Å². The highest BCUT2D eigenvalue weighted by Gasteiger charge is 2.31. The zero-order valence-corrected chi connectivity index (χ0v) is 11.5. The molecule has 6 heteroatoms. The van der Waals surface area contributed by atoms with Crippen molar-refractivity contribution in [1.82, 2.24) is 24.8 Å². The fourth-order valence-corrected chi connectivity index (χ4v) is 2.74. The van der Waals surface area contributed by atoms with Crippen LogP contribution in [-0.2, 0) is 0 Å². The molecule has 0 saturated carbocycles. The second-order valence-electron chi connectivity index (χ2n) is 4.97. The zero-order chi connectivity index (χ0) is 13.9. The van der Waals surface area contributed by atoms with Gasteiger partial charge in [0.1, 0.15) is 5.82 Å². The Balaban J connectivity index is 1.78. The Bertz CT molecular complexity index is 548. The van der Waals surface area contributed by atoms with Gasteiger partial charge in [0.15, 0.2) is 0 Å². The van der Waals surface area contributed by atoms with Crippen molar-refractivity contribution in [1.29, 1.82) is 0 Å². The quantitative estimate of drug-likeness (QED) is 0.884. The molecule has 3 rings (SSSR count). The van der Waals surface area contributed by atoms with Crippen LogP contribution >= 0.6 is 0 Å². The van der Waals surface area contributed by atoms with Gasteiger partial charge in [0.2, 0.25) is 0 Å². The van der Waals surface area contributed by atoms with Crippen LogP contribution in [0.25, 0.3) is 0 Å². The summed E-state index contributed by atoms with van der Waals surface area (Å²) in [4.78, 5) is 27.1. The van der Waals surface area contributed by atoms with E-state index in [0.29, 0.717) is 12.1 Å². The fourth-order valence-electron chi connectivity index (χ4n) is 2.74. The summed E-state index contributed by atoms with van der Waals surface area (Å²) in [5, 5.41) is 0. The van der Waals surface area contributed by atoms with E-state index in [1.54, 1.807) is 18.6 Å². The average molecular weight is 273 g/mol. The van der Waals surface area contributed by atoms with Crippen LogP contribution < -0.4 is 0 Å². The molecule has 3 heterocycles. The Morgan fingerprint density at radius 3 is 3.00 bits per heavy atom. The Hall–Kier alpha value is -2.08. The molecule has 2 aromatic heterocycles. The van der Waals surface area contributed by atoms with Gasteiger partial charge < -0.3 is 14.9 Å². The first kappa shape index (κ1) is 12.9. The van der Waals surface area contributed by atoms with E-state index in [2.05, 4.69) is 26.8 Å². The van der Waals surface area contributed by atoms with Gasteiger partial charge in [-0.1, -0.05) is 6.92 Å². The molecule has 0 spiro atoms. The highest BCUT2D eigenvalue weighted by molar-refractivity contribution is 5.94. The lowest BCUT2D eigenvalue weighted by Gasteiger charge is -2.40. The molecule has 20 heavy (non-hydrogen) atoms. The number of likely N-dealkylation sites (N-methyl/N-ethyl adjacent to an activating group) is 1. The molecule has 1 amide bonds. The first-order valence-corrected chi connectivity index (χ1v) is 6.95. The summed E-state index contributed by atoms with van der Waals surface area (Å²) in [6.45, 7) is 5.40. The molecule has 2 N–H and O–H groups in total. The number of hydrogen-bond acceptors (Lipinski definition) is 3. The Labute approximate surface area is 117 Å². The maximum Gasteiger partial charge on any atom is 0.255 e. The van der Waals surface area contributed by atoms with Crippen LogP contribution in [0.5, 0.6) is 0 Å². The maximum atomic E-state index is 12.4. The smallest absolute Gasteiger partial charge is 0.255 e. The first-order chi connectivity index (χ1) is 9.79. The van der Waals surface area contributed by atoms with Gasteiger partial charge in [-0.25, -0.2) is 4.98 Å². The minimum absolute atomic E-state index is 0.0820. The van der Waals surface area contributed by atoms with Crippen molar-refractivity contribution in [2.45, 2.75) is 13.0 Å². The fraction of sp³-hybridized carbons (Fsp3) is 0.429. The van der Waals surface area contributed by atoms with Gasteiger partial charge >= 0.3 is 0 Å². The van der Waals surface area contributed by atoms with Crippen LogP contribution in [0.3, 0.4) is 0 Å². The van der Waals surface area contributed by atoms with E-state index in [4.69, 9.17) is 0 Å². The molecule has 2 aromatic rings. The summed E-state index contributed by atoms with van der Waals surface area (Å²) in [6, 6.07) is 1.96. The summed E-state index contributed by atoms with van der Waals surface area (Å²) >= 11 is 0. The van der Waals surface area contributed by atoms with Gasteiger partial charge in [-0.15, -0.1) is 0 Å². The van der Waals surface area contributed by atoms with E-state index >= 15 is 0 Å². The third kappa shape index (κ3) is 2.34. The average Bonchev–Trinajstić information content (AvgIpc) is 3.18. The summed E-state index contributed by atoms with van der Waals surface area (Å²) < 4.78 is 0. The summed E-state index contributed by atoms with van der Waals surface area (Å²) in [5.41, 5.74) is 0.716. The lowest BCUT2D eigenvalue weighted by atomic mass is 10.1. The van der Waals surface area contributed by atoms with E-state index in [9.17, 15) is 4.79 Å². The lowest BCUT2D eigenvalue weighted by molar-refractivity contribution is 0.0480. The number of carbonyl (C=O) groups excluding carboxylic acids is 1. The number of H-pyrrole nitrogens is 2. The van der Waals surface area contributed by atoms with Crippen molar-refractivity contribution in [3.8, 4) is 0 Å².